The van der Waals surface area contributed by atoms with Gasteiger partial charge in [-0.15, -0.1) is 0 Å². The molecule has 0 fully saturated rings. The Morgan fingerprint density at radius 1 is 1.37 bits per heavy atom. The van der Waals surface area contributed by atoms with E-state index >= 15 is 0 Å². The Morgan fingerprint density at radius 2 is 2.16 bits per heavy atom. The number of pyridine rings is 1. The van der Waals surface area contributed by atoms with E-state index in [4.69, 9.17) is 0 Å². The van der Waals surface area contributed by atoms with Gasteiger partial charge in [0.2, 0.25) is 0 Å². The Morgan fingerprint density at radius 3 is 2.89 bits per heavy atom. The van der Waals surface area contributed by atoms with Gasteiger partial charge in [-0.2, -0.15) is 5.26 Å². The molecule has 1 N–H and O–H groups in total. The van der Waals surface area contributed by atoms with Crippen molar-refractivity contribution in [3.8, 4) is 6.07 Å². The molecule has 0 aliphatic heterocycles. The van der Waals surface area contributed by atoms with Crippen LogP contribution >= 0.6 is 0 Å². The number of likely N-dealkylation sites (N-methyl/N-ethyl adjacent to an activating group) is 1. The lowest BCUT2D eigenvalue weighted by atomic mass is 10.1. The molecule has 1 aromatic heterocycles. The highest BCUT2D eigenvalue weighted by Gasteiger charge is 2.07. The summed E-state index contributed by atoms with van der Waals surface area (Å²) in [6.07, 6.45) is 1.63. The van der Waals surface area contributed by atoms with Crippen LogP contribution < -0.4 is 5.32 Å². The van der Waals surface area contributed by atoms with Gasteiger partial charge in [0.25, 0.3) is 0 Å². The Labute approximate surface area is 113 Å². The number of hydrogen-bond donors (Lipinski definition) is 1. The van der Waals surface area contributed by atoms with Gasteiger partial charge in [0.05, 0.1) is 16.8 Å². The molecular weight excluding hydrogens is 236 g/mol. The Hall–Kier alpha value is -2.12. The normalized spacial score (nSPS) is 10.6. The first kappa shape index (κ1) is 13.3. The summed E-state index contributed by atoms with van der Waals surface area (Å²) in [5.74, 6) is 0. The SMILES string of the molecule is CCN(C)CCNc1c(C#N)cnc2ccccc12. The molecule has 1 aromatic carbocycles. The molecule has 98 valence electrons. The van der Waals surface area contributed by atoms with E-state index in [0.717, 1.165) is 36.2 Å². The molecule has 4 nitrogen and oxygen atoms in total. The number of fused-ring (bicyclic) bond motifs is 1. The average molecular weight is 254 g/mol. The molecule has 0 saturated heterocycles. The van der Waals surface area contributed by atoms with Crippen molar-refractivity contribution < 1.29 is 0 Å². The van der Waals surface area contributed by atoms with Crippen LogP contribution in [-0.2, 0) is 0 Å². The van der Waals surface area contributed by atoms with Crippen molar-refractivity contribution in [2.24, 2.45) is 0 Å². The van der Waals surface area contributed by atoms with E-state index in [9.17, 15) is 5.26 Å². The number of nitrogens with zero attached hydrogens (tertiary/aromatic N) is 3. The van der Waals surface area contributed by atoms with Crippen molar-refractivity contribution in [2.75, 3.05) is 32.0 Å². The minimum atomic E-state index is 0.595. The van der Waals surface area contributed by atoms with Gasteiger partial charge in [0, 0.05) is 24.7 Å². The van der Waals surface area contributed by atoms with Crippen molar-refractivity contribution in [3.05, 3.63) is 36.0 Å². The highest BCUT2D eigenvalue weighted by atomic mass is 15.1. The van der Waals surface area contributed by atoms with Gasteiger partial charge < -0.3 is 10.2 Å². The van der Waals surface area contributed by atoms with E-state index in [1.54, 1.807) is 6.20 Å². The van der Waals surface area contributed by atoms with E-state index in [-0.39, 0.29) is 0 Å². The Balaban J connectivity index is 2.27. The number of rotatable bonds is 5. The van der Waals surface area contributed by atoms with Crippen LogP contribution in [0.3, 0.4) is 0 Å². The number of benzene rings is 1. The first-order chi connectivity index (χ1) is 9.26. The zero-order chi connectivity index (χ0) is 13.7. The summed E-state index contributed by atoms with van der Waals surface area (Å²) in [6.45, 7) is 4.90. The standard InChI is InChI=1S/C15H18N4/c1-3-19(2)9-8-17-15-12(10-16)11-18-14-7-5-4-6-13(14)15/h4-7,11H,3,8-9H2,1-2H3,(H,17,18). The van der Waals surface area contributed by atoms with Gasteiger partial charge in [0.15, 0.2) is 0 Å². The number of para-hydroxylation sites is 1. The molecule has 1 heterocycles. The van der Waals surface area contributed by atoms with Crippen LogP contribution in [0.1, 0.15) is 12.5 Å². The molecule has 0 spiro atoms. The van der Waals surface area contributed by atoms with E-state index in [1.165, 1.54) is 0 Å². The van der Waals surface area contributed by atoms with Crippen molar-refractivity contribution in [1.29, 1.82) is 5.26 Å². The number of anilines is 1. The highest BCUT2D eigenvalue weighted by Crippen LogP contribution is 2.24. The zero-order valence-electron chi connectivity index (χ0n) is 11.3. The second-order valence-corrected chi connectivity index (χ2v) is 4.50. The third kappa shape index (κ3) is 3.01. The fourth-order valence-corrected chi connectivity index (χ4v) is 1.95. The summed E-state index contributed by atoms with van der Waals surface area (Å²) in [5, 5.41) is 13.6. The summed E-state index contributed by atoms with van der Waals surface area (Å²) in [6, 6.07) is 10.1. The molecule has 2 aromatic rings. The second kappa shape index (κ2) is 6.17. The summed E-state index contributed by atoms with van der Waals surface area (Å²) in [7, 11) is 2.08. The third-order valence-corrected chi connectivity index (χ3v) is 3.23. The first-order valence-electron chi connectivity index (χ1n) is 6.46. The average Bonchev–Trinajstić information content (AvgIpc) is 2.47. The van der Waals surface area contributed by atoms with Gasteiger partial charge in [-0.3, -0.25) is 4.98 Å². The maximum Gasteiger partial charge on any atom is 0.103 e. The van der Waals surface area contributed by atoms with E-state index < -0.39 is 0 Å². The maximum atomic E-state index is 9.19. The van der Waals surface area contributed by atoms with Gasteiger partial charge in [-0.05, 0) is 19.7 Å². The van der Waals surface area contributed by atoms with Crippen LogP contribution in [0.2, 0.25) is 0 Å². The Bertz CT molecular complexity index is 601. The van der Waals surface area contributed by atoms with E-state index in [2.05, 4.69) is 35.2 Å². The zero-order valence-corrected chi connectivity index (χ0v) is 11.3. The molecule has 0 saturated carbocycles. The van der Waals surface area contributed by atoms with Gasteiger partial charge in [-0.1, -0.05) is 25.1 Å². The van der Waals surface area contributed by atoms with Crippen LogP contribution in [0.25, 0.3) is 10.9 Å². The van der Waals surface area contributed by atoms with Crippen molar-refractivity contribution >= 4 is 16.6 Å². The largest absolute Gasteiger partial charge is 0.382 e. The minimum absolute atomic E-state index is 0.595. The van der Waals surface area contributed by atoms with E-state index in [0.29, 0.717) is 5.56 Å². The highest BCUT2D eigenvalue weighted by molar-refractivity contribution is 5.93. The third-order valence-electron chi connectivity index (χ3n) is 3.23. The lowest BCUT2D eigenvalue weighted by molar-refractivity contribution is 0.367. The van der Waals surface area contributed by atoms with Crippen LogP contribution in [0.5, 0.6) is 0 Å². The quantitative estimate of drug-likeness (QED) is 0.890. The molecule has 0 unspecified atom stereocenters. The molecule has 0 aliphatic rings. The molecule has 0 atom stereocenters. The molecular formula is C15H18N4. The van der Waals surface area contributed by atoms with Crippen LogP contribution in [0.4, 0.5) is 5.69 Å². The van der Waals surface area contributed by atoms with Gasteiger partial charge in [-0.25, -0.2) is 0 Å². The van der Waals surface area contributed by atoms with Crippen molar-refractivity contribution in [1.82, 2.24) is 9.88 Å². The molecule has 0 amide bonds. The van der Waals surface area contributed by atoms with E-state index in [1.807, 2.05) is 24.3 Å². The number of aromatic nitrogens is 1. The summed E-state index contributed by atoms with van der Waals surface area (Å²) >= 11 is 0. The second-order valence-electron chi connectivity index (χ2n) is 4.50. The number of nitrogens with one attached hydrogen (secondary N) is 1. The lowest BCUT2D eigenvalue weighted by Crippen LogP contribution is -2.25. The maximum absolute atomic E-state index is 9.19. The summed E-state index contributed by atoms with van der Waals surface area (Å²) in [5.41, 5.74) is 2.39. The minimum Gasteiger partial charge on any atom is -0.382 e. The molecule has 0 radical (unpaired) electrons. The molecule has 19 heavy (non-hydrogen) atoms. The van der Waals surface area contributed by atoms with Gasteiger partial charge >= 0.3 is 0 Å². The molecule has 0 bridgehead atoms. The predicted octanol–water partition coefficient (Wildman–Crippen LogP) is 2.47. The monoisotopic (exact) mass is 254 g/mol. The predicted molar refractivity (Wildman–Crippen MR) is 78.1 cm³/mol. The summed E-state index contributed by atoms with van der Waals surface area (Å²) < 4.78 is 0. The first-order valence-corrected chi connectivity index (χ1v) is 6.46. The molecule has 0 aliphatic carbocycles. The van der Waals surface area contributed by atoms with Crippen LogP contribution in [0, 0.1) is 11.3 Å². The Kier molecular flexibility index (Phi) is 4.32. The van der Waals surface area contributed by atoms with Gasteiger partial charge in [0.1, 0.15) is 6.07 Å². The van der Waals surface area contributed by atoms with Crippen LogP contribution in [-0.4, -0.2) is 36.6 Å². The summed E-state index contributed by atoms with van der Waals surface area (Å²) in [4.78, 5) is 6.52. The van der Waals surface area contributed by atoms with Crippen LogP contribution in [0.15, 0.2) is 30.5 Å². The fraction of sp³-hybridized carbons (Fsp3) is 0.333. The fourth-order valence-electron chi connectivity index (χ4n) is 1.95. The van der Waals surface area contributed by atoms with Crippen molar-refractivity contribution in [2.45, 2.75) is 6.92 Å². The smallest absolute Gasteiger partial charge is 0.103 e. The molecule has 2 rings (SSSR count). The van der Waals surface area contributed by atoms with Crippen molar-refractivity contribution in [3.63, 3.8) is 0 Å². The molecule has 4 heteroatoms. The lowest BCUT2D eigenvalue weighted by Gasteiger charge is -2.16. The topological polar surface area (TPSA) is 52.0 Å². The number of nitriles is 1. The number of hydrogen-bond acceptors (Lipinski definition) is 4.